The van der Waals surface area contributed by atoms with Crippen LogP contribution in [0.25, 0.3) is 11.5 Å². The van der Waals surface area contributed by atoms with Gasteiger partial charge in [-0.05, 0) is 43.3 Å². The van der Waals surface area contributed by atoms with Crippen molar-refractivity contribution >= 4 is 33.2 Å². The number of oxazole rings is 1. The van der Waals surface area contributed by atoms with Crippen molar-refractivity contribution in [3.8, 4) is 17.2 Å². The van der Waals surface area contributed by atoms with Crippen molar-refractivity contribution in [1.29, 1.82) is 0 Å². The number of aryl methyl sites for hydroxylation is 1. The maximum Gasteiger partial charge on any atom is 0.240 e. The summed E-state index contributed by atoms with van der Waals surface area (Å²) in [4.78, 5) is 4.40. The zero-order valence-electron chi connectivity index (χ0n) is 14.5. The molecule has 142 valence electrons. The van der Waals surface area contributed by atoms with Gasteiger partial charge in [0.1, 0.15) is 11.5 Å². The van der Waals surface area contributed by atoms with E-state index >= 15 is 0 Å². The molecular weight excluding hydrogens is 411 g/mol. The smallest absolute Gasteiger partial charge is 0.240 e. The number of sulfonamides is 1. The van der Waals surface area contributed by atoms with Crippen LogP contribution in [0, 0.1) is 6.92 Å². The standard InChI is InChI=1S/C18H16Cl2N2O4S/c1-11-16(22-18(26-11)12-4-3-5-13(19)8-12)10-21-27(23,24)14-6-7-17(25-2)15(20)9-14/h3-9,21H,10H2,1-2H3. The third-order valence-corrected chi connectivity index (χ3v) is 5.76. The molecule has 0 spiro atoms. The molecule has 0 saturated carbocycles. The van der Waals surface area contributed by atoms with Gasteiger partial charge in [-0.15, -0.1) is 0 Å². The quantitative estimate of drug-likeness (QED) is 0.629. The first-order chi connectivity index (χ1) is 12.8. The number of nitrogens with one attached hydrogen (secondary N) is 1. The second-order valence-electron chi connectivity index (χ2n) is 5.65. The molecule has 0 saturated heterocycles. The van der Waals surface area contributed by atoms with Crippen LogP contribution in [0.5, 0.6) is 5.75 Å². The molecule has 9 heteroatoms. The topological polar surface area (TPSA) is 81.4 Å². The van der Waals surface area contributed by atoms with E-state index in [1.165, 1.54) is 25.3 Å². The highest BCUT2D eigenvalue weighted by molar-refractivity contribution is 7.89. The molecule has 0 fully saturated rings. The fraction of sp³-hybridized carbons (Fsp3) is 0.167. The first-order valence-corrected chi connectivity index (χ1v) is 10.1. The van der Waals surface area contributed by atoms with Gasteiger partial charge < -0.3 is 9.15 Å². The minimum absolute atomic E-state index is 0.0259. The lowest BCUT2D eigenvalue weighted by molar-refractivity contribution is 0.414. The van der Waals surface area contributed by atoms with E-state index in [0.29, 0.717) is 33.7 Å². The SMILES string of the molecule is COc1ccc(S(=O)(=O)NCc2nc(-c3cccc(Cl)c3)oc2C)cc1Cl. The summed E-state index contributed by atoms with van der Waals surface area (Å²) in [6.45, 7) is 1.69. The van der Waals surface area contributed by atoms with Gasteiger partial charge in [-0.2, -0.15) is 0 Å². The number of halogens is 2. The Morgan fingerprint density at radius 2 is 1.96 bits per heavy atom. The summed E-state index contributed by atoms with van der Waals surface area (Å²) in [5, 5.41) is 0.767. The third-order valence-electron chi connectivity index (χ3n) is 3.83. The molecule has 0 aliphatic rings. The molecule has 3 aromatic rings. The maximum atomic E-state index is 12.5. The van der Waals surface area contributed by atoms with Gasteiger partial charge in [-0.1, -0.05) is 29.3 Å². The fourth-order valence-electron chi connectivity index (χ4n) is 2.40. The lowest BCUT2D eigenvalue weighted by Crippen LogP contribution is -2.23. The number of rotatable bonds is 6. The maximum absolute atomic E-state index is 12.5. The predicted molar refractivity (Wildman–Crippen MR) is 104 cm³/mol. The first-order valence-electron chi connectivity index (χ1n) is 7.85. The molecule has 0 radical (unpaired) electrons. The Hall–Kier alpha value is -2.06. The van der Waals surface area contributed by atoms with E-state index in [-0.39, 0.29) is 16.5 Å². The van der Waals surface area contributed by atoms with Crippen LogP contribution in [-0.4, -0.2) is 20.5 Å². The highest BCUT2D eigenvalue weighted by Gasteiger charge is 2.18. The summed E-state index contributed by atoms with van der Waals surface area (Å²) in [6, 6.07) is 11.3. The van der Waals surface area contributed by atoms with E-state index < -0.39 is 10.0 Å². The van der Waals surface area contributed by atoms with E-state index in [4.69, 9.17) is 32.4 Å². The highest BCUT2D eigenvalue weighted by atomic mass is 35.5. The Kier molecular flexibility index (Phi) is 5.76. The van der Waals surface area contributed by atoms with Crippen LogP contribution in [0.3, 0.4) is 0 Å². The van der Waals surface area contributed by atoms with Gasteiger partial charge in [0, 0.05) is 10.6 Å². The molecule has 0 bridgehead atoms. The molecule has 0 aliphatic heterocycles. The van der Waals surface area contributed by atoms with Gasteiger partial charge in [0.05, 0.1) is 29.3 Å². The summed E-state index contributed by atoms with van der Waals surface area (Å²) in [7, 11) is -2.32. The fourth-order valence-corrected chi connectivity index (χ4v) is 3.92. The number of hydrogen-bond acceptors (Lipinski definition) is 5. The van der Waals surface area contributed by atoms with Crippen LogP contribution in [0.4, 0.5) is 0 Å². The van der Waals surface area contributed by atoms with Gasteiger partial charge in [0.15, 0.2) is 0 Å². The Labute approximate surface area is 167 Å². The number of benzene rings is 2. The average molecular weight is 427 g/mol. The summed E-state index contributed by atoms with van der Waals surface area (Å²) >= 11 is 12.0. The molecule has 1 N–H and O–H groups in total. The molecule has 2 aromatic carbocycles. The Balaban J connectivity index is 1.79. The molecular formula is C18H16Cl2N2O4S. The van der Waals surface area contributed by atoms with Gasteiger partial charge in [-0.25, -0.2) is 18.1 Å². The van der Waals surface area contributed by atoms with Gasteiger partial charge in [0.2, 0.25) is 15.9 Å². The van der Waals surface area contributed by atoms with Crippen LogP contribution in [0.1, 0.15) is 11.5 Å². The van der Waals surface area contributed by atoms with E-state index in [1.807, 2.05) is 6.07 Å². The normalized spacial score (nSPS) is 11.6. The number of methoxy groups -OCH3 is 1. The van der Waals surface area contributed by atoms with Crippen molar-refractivity contribution in [3.05, 3.63) is 64.0 Å². The number of aromatic nitrogens is 1. The number of nitrogens with zero attached hydrogens (tertiary/aromatic N) is 1. The monoisotopic (exact) mass is 426 g/mol. The third kappa shape index (κ3) is 4.44. The van der Waals surface area contributed by atoms with Gasteiger partial charge in [-0.3, -0.25) is 0 Å². The van der Waals surface area contributed by atoms with Gasteiger partial charge >= 0.3 is 0 Å². The summed E-state index contributed by atoms with van der Waals surface area (Å²) in [6.07, 6.45) is 0. The summed E-state index contributed by atoms with van der Waals surface area (Å²) in [5.74, 6) is 1.28. The highest BCUT2D eigenvalue weighted by Crippen LogP contribution is 2.27. The van der Waals surface area contributed by atoms with Crippen molar-refractivity contribution in [2.45, 2.75) is 18.4 Å². The van der Waals surface area contributed by atoms with Crippen LogP contribution >= 0.6 is 23.2 Å². The Morgan fingerprint density at radius 1 is 1.19 bits per heavy atom. The van der Waals surface area contributed by atoms with Crippen molar-refractivity contribution in [2.75, 3.05) is 7.11 Å². The Morgan fingerprint density at radius 3 is 2.63 bits per heavy atom. The number of ether oxygens (including phenoxy) is 1. The van der Waals surface area contributed by atoms with Crippen LogP contribution in [-0.2, 0) is 16.6 Å². The molecule has 1 aromatic heterocycles. The predicted octanol–water partition coefficient (Wildman–Crippen LogP) is 4.44. The Bertz CT molecular complexity index is 1080. The van der Waals surface area contributed by atoms with Crippen molar-refractivity contribution in [2.24, 2.45) is 0 Å². The average Bonchev–Trinajstić information content (AvgIpc) is 3.01. The molecule has 1 heterocycles. The van der Waals surface area contributed by atoms with Crippen LogP contribution in [0.2, 0.25) is 10.0 Å². The second-order valence-corrected chi connectivity index (χ2v) is 8.26. The lowest BCUT2D eigenvalue weighted by Gasteiger charge is -2.08. The zero-order chi connectivity index (χ0) is 19.6. The molecule has 0 unspecified atom stereocenters. The first kappa shape index (κ1) is 19.7. The number of hydrogen-bond donors (Lipinski definition) is 1. The van der Waals surface area contributed by atoms with Crippen molar-refractivity contribution in [1.82, 2.24) is 9.71 Å². The molecule has 0 aliphatic carbocycles. The summed E-state index contributed by atoms with van der Waals surface area (Å²) in [5.41, 5.74) is 1.19. The van der Waals surface area contributed by atoms with Crippen LogP contribution < -0.4 is 9.46 Å². The van der Waals surface area contributed by atoms with E-state index in [2.05, 4.69) is 9.71 Å². The molecule has 0 amide bonds. The van der Waals surface area contributed by atoms with E-state index in [1.54, 1.807) is 25.1 Å². The van der Waals surface area contributed by atoms with Gasteiger partial charge in [0.25, 0.3) is 0 Å². The molecule has 27 heavy (non-hydrogen) atoms. The zero-order valence-corrected chi connectivity index (χ0v) is 16.8. The van der Waals surface area contributed by atoms with Crippen LogP contribution in [0.15, 0.2) is 51.8 Å². The molecule has 6 nitrogen and oxygen atoms in total. The van der Waals surface area contributed by atoms with E-state index in [0.717, 1.165) is 0 Å². The minimum atomic E-state index is -3.78. The van der Waals surface area contributed by atoms with Crippen molar-refractivity contribution in [3.63, 3.8) is 0 Å². The second kappa shape index (κ2) is 7.90. The minimum Gasteiger partial charge on any atom is -0.495 e. The van der Waals surface area contributed by atoms with Crippen molar-refractivity contribution < 1.29 is 17.6 Å². The van der Waals surface area contributed by atoms with E-state index in [9.17, 15) is 8.42 Å². The largest absolute Gasteiger partial charge is 0.495 e. The molecule has 0 atom stereocenters. The molecule has 3 rings (SSSR count). The summed E-state index contributed by atoms with van der Waals surface area (Å²) < 4.78 is 38.2. The lowest BCUT2D eigenvalue weighted by atomic mass is 10.2.